The number of hydrogen-bond acceptors (Lipinski definition) is 5. The topological polar surface area (TPSA) is 109 Å². The van der Waals surface area contributed by atoms with E-state index in [0.29, 0.717) is 0 Å². The molecular weight excluding hydrogens is 284 g/mol. The second kappa shape index (κ2) is 4.97. The van der Waals surface area contributed by atoms with Crippen LogP contribution in [0.4, 0.5) is 0 Å². The normalized spacial score (nSPS) is 11.3. The molecule has 0 atom stereocenters. The standard InChI is InChI=1S/C12H12N2O5S/c1-7-3-5-9(6-4-7)20(17,18)19-10-8(2)13-12(16)14-11(10)15/h3-6H,1-2H3,(H2,13,14,15,16). The lowest BCUT2D eigenvalue weighted by Gasteiger charge is -2.08. The third kappa shape index (κ3) is 2.80. The number of H-pyrrole nitrogens is 2. The van der Waals surface area contributed by atoms with E-state index >= 15 is 0 Å². The Kier molecular flexibility index (Phi) is 3.49. The van der Waals surface area contributed by atoms with E-state index < -0.39 is 27.1 Å². The van der Waals surface area contributed by atoms with E-state index in [0.717, 1.165) is 5.56 Å². The minimum atomic E-state index is -4.13. The average molecular weight is 296 g/mol. The van der Waals surface area contributed by atoms with Crippen LogP contribution in [-0.4, -0.2) is 18.4 Å². The predicted molar refractivity (Wildman–Crippen MR) is 71.4 cm³/mol. The Morgan fingerprint density at radius 2 is 1.60 bits per heavy atom. The van der Waals surface area contributed by atoms with E-state index in [1.807, 2.05) is 11.9 Å². The summed E-state index contributed by atoms with van der Waals surface area (Å²) in [6.07, 6.45) is 0. The second-order valence-corrected chi connectivity index (χ2v) is 5.76. The summed E-state index contributed by atoms with van der Waals surface area (Å²) in [5.74, 6) is -0.454. The van der Waals surface area contributed by atoms with Crippen LogP contribution in [0.2, 0.25) is 0 Å². The van der Waals surface area contributed by atoms with Crippen molar-refractivity contribution >= 4 is 10.1 Å². The lowest BCUT2D eigenvalue weighted by molar-refractivity contribution is 0.477. The highest BCUT2D eigenvalue weighted by molar-refractivity contribution is 7.87. The summed E-state index contributed by atoms with van der Waals surface area (Å²) < 4.78 is 28.9. The van der Waals surface area contributed by atoms with Crippen molar-refractivity contribution in [1.82, 2.24) is 9.97 Å². The molecule has 0 radical (unpaired) electrons. The summed E-state index contributed by atoms with van der Waals surface area (Å²) in [7, 11) is -4.13. The second-order valence-electron chi connectivity index (χ2n) is 4.21. The molecule has 1 heterocycles. The number of benzene rings is 1. The molecular formula is C12H12N2O5S. The Balaban J connectivity index is 2.46. The average Bonchev–Trinajstić information content (AvgIpc) is 2.34. The first kappa shape index (κ1) is 14.1. The fourth-order valence-corrected chi connectivity index (χ4v) is 2.54. The van der Waals surface area contributed by atoms with Crippen molar-refractivity contribution in [3.05, 3.63) is 56.4 Å². The minimum Gasteiger partial charge on any atom is -0.371 e. The molecule has 2 aromatic rings. The minimum absolute atomic E-state index is 0.0365. The van der Waals surface area contributed by atoms with Crippen molar-refractivity contribution in [2.24, 2.45) is 0 Å². The Hall–Kier alpha value is -2.35. The molecule has 0 saturated carbocycles. The summed E-state index contributed by atoms with van der Waals surface area (Å²) >= 11 is 0. The van der Waals surface area contributed by atoms with Crippen molar-refractivity contribution in [3.63, 3.8) is 0 Å². The van der Waals surface area contributed by atoms with Gasteiger partial charge in [0.2, 0.25) is 5.75 Å². The van der Waals surface area contributed by atoms with Gasteiger partial charge in [-0.2, -0.15) is 8.42 Å². The first-order chi connectivity index (χ1) is 9.29. The highest BCUT2D eigenvalue weighted by Crippen LogP contribution is 2.17. The third-order valence-corrected chi connectivity index (χ3v) is 3.81. The molecule has 0 aliphatic rings. The van der Waals surface area contributed by atoms with Gasteiger partial charge in [-0.05, 0) is 26.0 Å². The first-order valence-corrected chi connectivity index (χ1v) is 7.05. The number of nitrogens with one attached hydrogen (secondary N) is 2. The van der Waals surface area contributed by atoms with Gasteiger partial charge < -0.3 is 9.17 Å². The van der Waals surface area contributed by atoms with Gasteiger partial charge >= 0.3 is 15.8 Å². The van der Waals surface area contributed by atoms with Crippen LogP contribution >= 0.6 is 0 Å². The van der Waals surface area contributed by atoms with E-state index in [1.54, 1.807) is 12.1 Å². The van der Waals surface area contributed by atoms with Crippen LogP contribution in [0.5, 0.6) is 5.75 Å². The Bertz CT molecular complexity index is 847. The molecule has 2 rings (SSSR count). The van der Waals surface area contributed by atoms with E-state index in [1.165, 1.54) is 19.1 Å². The molecule has 2 N–H and O–H groups in total. The van der Waals surface area contributed by atoms with Gasteiger partial charge in [-0.1, -0.05) is 17.7 Å². The van der Waals surface area contributed by atoms with Crippen LogP contribution < -0.4 is 15.4 Å². The van der Waals surface area contributed by atoms with Gasteiger partial charge in [-0.15, -0.1) is 0 Å². The van der Waals surface area contributed by atoms with Crippen LogP contribution in [0, 0.1) is 13.8 Å². The van der Waals surface area contributed by atoms with Crippen molar-refractivity contribution in [3.8, 4) is 5.75 Å². The highest BCUT2D eigenvalue weighted by atomic mass is 32.2. The quantitative estimate of drug-likeness (QED) is 0.799. The zero-order chi connectivity index (χ0) is 14.9. The van der Waals surface area contributed by atoms with Crippen molar-refractivity contribution < 1.29 is 12.6 Å². The van der Waals surface area contributed by atoms with Gasteiger partial charge in [0, 0.05) is 0 Å². The van der Waals surface area contributed by atoms with E-state index in [4.69, 9.17) is 4.18 Å². The zero-order valence-corrected chi connectivity index (χ0v) is 11.6. The molecule has 106 valence electrons. The van der Waals surface area contributed by atoms with Crippen molar-refractivity contribution in [2.75, 3.05) is 0 Å². The number of aromatic amines is 2. The van der Waals surface area contributed by atoms with Crippen LogP contribution in [0.25, 0.3) is 0 Å². The molecule has 0 unspecified atom stereocenters. The summed E-state index contributed by atoms with van der Waals surface area (Å²) in [5.41, 5.74) is -0.703. The van der Waals surface area contributed by atoms with Gasteiger partial charge in [-0.25, -0.2) is 4.79 Å². The summed E-state index contributed by atoms with van der Waals surface area (Å²) in [4.78, 5) is 26.7. The molecule has 0 spiro atoms. The van der Waals surface area contributed by atoms with Gasteiger partial charge in [-0.3, -0.25) is 9.78 Å². The van der Waals surface area contributed by atoms with Crippen molar-refractivity contribution in [1.29, 1.82) is 0 Å². The summed E-state index contributed by atoms with van der Waals surface area (Å²) in [5, 5.41) is 0. The van der Waals surface area contributed by atoms with Gasteiger partial charge in [0.15, 0.2) is 0 Å². The monoisotopic (exact) mass is 296 g/mol. The predicted octanol–water partition coefficient (Wildman–Crippen LogP) is 0.448. The van der Waals surface area contributed by atoms with Gasteiger partial charge in [0.1, 0.15) is 4.90 Å². The molecule has 0 aliphatic heterocycles. The van der Waals surface area contributed by atoms with E-state index in [2.05, 4.69) is 4.98 Å². The number of rotatable bonds is 3. The lowest BCUT2D eigenvalue weighted by atomic mass is 10.2. The molecule has 0 saturated heterocycles. The first-order valence-electron chi connectivity index (χ1n) is 5.64. The van der Waals surface area contributed by atoms with Crippen LogP contribution in [-0.2, 0) is 10.1 Å². The molecule has 0 bridgehead atoms. The van der Waals surface area contributed by atoms with E-state index in [9.17, 15) is 18.0 Å². The molecule has 0 fully saturated rings. The maximum Gasteiger partial charge on any atom is 0.339 e. The summed E-state index contributed by atoms with van der Waals surface area (Å²) in [6.45, 7) is 3.19. The molecule has 0 amide bonds. The van der Waals surface area contributed by atoms with Crippen LogP contribution in [0.1, 0.15) is 11.3 Å². The van der Waals surface area contributed by atoms with Crippen LogP contribution in [0.3, 0.4) is 0 Å². The van der Waals surface area contributed by atoms with Gasteiger partial charge in [0.25, 0.3) is 5.56 Å². The molecule has 7 nitrogen and oxygen atoms in total. The third-order valence-electron chi connectivity index (χ3n) is 2.58. The molecule has 8 heteroatoms. The zero-order valence-electron chi connectivity index (χ0n) is 10.8. The largest absolute Gasteiger partial charge is 0.371 e. The highest BCUT2D eigenvalue weighted by Gasteiger charge is 2.20. The molecule has 1 aromatic heterocycles. The fourth-order valence-electron chi connectivity index (χ4n) is 1.55. The molecule has 0 aliphatic carbocycles. The maximum absolute atomic E-state index is 12.0. The Morgan fingerprint density at radius 3 is 2.15 bits per heavy atom. The summed E-state index contributed by atoms with van der Waals surface area (Å²) in [6, 6.07) is 5.97. The SMILES string of the molecule is Cc1ccc(S(=O)(=O)Oc2c(C)[nH]c(=O)[nH]c2=O)cc1. The maximum atomic E-state index is 12.0. The lowest BCUT2D eigenvalue weighted by Crippen LogP contribution is -2.26. The Morgan fingerprint density at radius 1 is 1.00 bits per heavy atom. The number of hydrogen-bond donors (Lipinski definition) is 2. The smallest absolute Gasteiger partial charge is 0.339 e. The van der Waals surface area contributed by atoms with Crippen molar-refractivity contribution in [2.45, 2.75) is 18.7 Å². The molecule has 1 aromatic carbocycles. The Labute approximate surface area is 114 Å². The van der Waals surface area contributed by atoms with Gasteiger partial charge in [0.05, 0.1) is 5.69 Å². The van der Waals surface area contributed by atoms with Crippen LogP contribution in [0.15, 0.2) is 38.8 Å². The molecule has 20 heavy (non-hydrogen) atoms. The fraction of sp³-hybridized carbons (Fsp3) is 0.167. The number of aromatic nitrogens is 2. The van der Waals surface area contributed by atoms with E-state index in [-0.39, 0.29) is 10.6 Å². The number of aryl methyl sites for hydroxylation is 2.